The second-order valence-corrected chi connectivity index (χ2v) is 2.26. The Bertz CT molecular complexity index is 282. The van der Waals surface area contributed by atoms with E-state index in [1.807, 2.05) is 0 Å². The summed E-state index contributed by atoms with van der Waals surface area (Å²) >= 11 is 0. The predicted octanol–water partition coefficient (Wildman–Crippen LogP) is -6.33. The van der Waals surface area contributed by atoms with Gasteiger partial charge in [-0.25, -0.2) is 9.59 Å². The van der Waals surface area contributed by atoms with Gasteiger partial charge in [0, 0.05) is 0 Å². The zero-order valence-corrected chi connectivity index (χ0v) is 9.33. The molecule has 0 rings (SSSR count). The number of carbonyl (C=O) groups excluding carboxylic acids is 2. The van der Waals surface area contributed by atoms with E-state index in [4.69, 9.17) is 10.2 Å². The second-order valence-electron chi connectivity index (χ2n) is 2.26. The van der Waals surface area contributed by atoms with Crippen LogP contribution in [-0.2, 0) is 19.2 Å². The molecular weight excluding hydrogens is 252 g/mol. The molecule has 0 fully saturated rings. The zero-order chi connectivity index (χ0) is 15.1. The third-order valence-electron chi connectivity index (χ3n) is 0.783. The fraction of sp³-hybridized carbons (Fsp3) is 0.250. The van der Waals surface area contributed by atoms with Crippen LogP contribution in [0.1, 0.15) is 0 Å². The van der Waals surface area contributed by atoms with E-state index < -0.39 is 23.9 Å². The van der Waals surface area contributed by atoms with Crippen LogP contribution in [0.5, 0.6) is 0 Å². The summed E-state index contributed by atoms with van der Waals surface area (Å²) in [7, 11) is 0. The zero-order valence-electron chi connectivity index (χ0n) is 9.33. The number of carboxylic acid groups (broad SMARTS) is 4. The van der Waals surface area contributed by atoms with E-state index in [0.717, 1.165) is 0 Å². The van der Waals surface area contributed by atoms with Crippen molar-refractivity contribution in [1.29, 1.82) is 0 Å². The van der Waals surface area contributed by atoms with E-state index in [0.29, 0.717) is 12.2 Å². The Hall–Kier alpha value is -2.46. The molecule has 0 aromatic carbocycles. The van der Waals surface area contributed by atoms with Crippen LogP contribution in [-0.4, -0.2) is 47.2 Å². The second kappa shape index (κ2) is 14.5. The van der Waals surface area contributed by atoms with Crippen LogP contribution >= 0.6 is 0 Å². The van der Waals surface area contributed by atoms with Crippen LogP contribution in [0.3, 0.4) is 0 Å². The van der Waals surface area contributed by atoms with Gasteiger partial charge in [0.2, 0.25) is 0 Å². The van der Waals surface area contributed by atoms with Crippen molar-refractivity contribution >= 4 is 23.9 Å². The average molecular weight is 266 g/mol. The quantitative estimate of drug-likeness (QED) is 0.358. The molecule has 0 aliphatic heterocycles. The van der Waals surface area contributed by atoms with Crippen molar-refractivity contribution in [3.8, 4) is 0 Å². The standard InChI is InChI=1S/C4H4O4.2C2H5NO2/c5-3(6)1-2-4(7)8;2*3-1-2(4)5/h1-2H,(H,5,6)(H,7,8);2*1,3H2,(H,4,5)/b2-1-;;. The Balaban J connectivity index is -0.000000197. The van der Waals surface area contributed by atoms with Gasteiger partial charge in [-0.3, -0.25) is 0 Å². The maximum Gasteiger partial charge on any atom is 0.359 e. The van der Waals surface area contributed by atoms with Gasteiger partial charge in [-0.05, 0) is 12.2 Å². The number of quaternary nitrogens is 2. The van der Waals surface area contributed by atoms with Gasteiger partial charge in [0.25, 0.3) is 0 Å². The highest BCUT2D eigenvalue weighted by atomic mass is 16.4. The molecule has 0 aliphatic carbocycles. The molecule has 10 heteroatoms. The lowest BCUT2D eigenvalue weighted by Gasteiger charge is -1.90. The molecule has 0 saturated carbocycles. The Morgan fingerprint density at radius 1 is 0.833 bits per heavy atom. The summed E-state index contributed by atoms with van der Waals surface area (Å²) in [6.45, 7) is -0.0556. The van der Waals surface area contributed by atoms with Crippen molar-refractivity contribution in [1.82, 2.24) is 0 Å². The van der Waals surface area contributed by atoms with Gasteiger partial charge < -0.3 is 41.5 Å². The molecule has 0 unspecified atom stereocenters. The first-order valence-corrected chi connectivity index (χ1v) is 4.29. The van der Waals surface area contributed by atoms with Crippen LogP contribution in [0.2, 0.25) is 0 Å². The summed E-state index contributed by atoms with van der Waals surface area (Å²) in [5.41, 5.74) is 6.17. The summed E-state index contributed by atoms with van der Waals surface area (Å²) in [5.74, 6) is -4.81. The number of hydrogen-bond acceptors (Lipinski definition) is 6. The molecule has 0 aromatic heterocycles. The summed E-state index contributed by atoms with van der Waals surface area (Å²) in [4.78, 5) is 37.4. The summed E-state index contributed by atoms with van der Waals surface area (Å²) in [6, 6.07) is 0. The fourth-order valence-corrected chi connectivity index (χ4v) is 0.136. The van der Waals surface area contributed by atoms with E-state index in [1.165, 1.54) is 0 Å². The summed E-state index contributed by atoms with van der Waals surface area (Å²) < 4.78 is 0. The average Bonchev–Trinajstić information content (AvgIpc) is 2.27. The largest absolute Gasteiger partial charge is 0.545 e. The van der Waals surface area contributed by atoms with Gasteiger partial charge >= 0.3 is 11.9 Å². The molecule has 10 nitrogen and oxygen atoms in total. The van der Waals surface area contributed by atoms with Crippen molar-refractivity contribution < 1.29 is 51.1 Å². The molecule has 18 heavy (non-hydrogen) atoms. The number of hydrogen-bond donors (Lipinski definition) is 4. The van der Waals surface area contributed by atoms with Gasteiger partial charge in [-0.1, -0.05) is 0 Å². The Morgan fingerprint density at radius 3 is 1.06 bits per heavy atom. The number of carboxylic acids is 4. The minimum Gasteiger partial charge on any atom is -0.545 e. The Kier molecular flexibility index (Phi) is 16.9. The van der Waals surface area contributed by atoms with Crippen LogP contribution in [0.15, 0.2) is 12.2 Å². The molecule has 0 atom stereocenters. The van der Waals surface area contributed by atoms with Crippen molar-refractivity contribution in [3.05, 3.63) is 12.2 Å². The topological polar surface area (TPSA) is 210 Å². The van der Waals surface area contributed by atoms with E-state index in [2.05, 4.69) is 11.5 Å². The maximum absolute atomic E-state index is 9.41. The SMILES string of the molecule is O=C([O-])/C=C\C(=O)[O-].[NH3+]CC(=O)O.[NH3+]CC(=O)O. The van der Waals surface area contributed by atoms with Crippen molar-refractivity contribution in [3.63, 3.8) is 0 Å². The number of carbonyl (C=O) groups is 4. The fourth-order valence-electron chi connectivity index (χ4n) is 0.136. The lowest BCUT2D eigenvalue weighted by atomic mass is 10.5. The Labute approximate surface area is 101 Å². The highest BCUT2D eigenvalue weighted by Crippen LogP contribution is 1.64. The van der Waals surface area contributed by atoms with Gasteiger partial charge in [0.1, 0.15) is 0 Å². The molecule has 104 valence electrons. The summed E-state index contributed by atoms with van der Waals surface area (Å²) in [5, 5.41) is 34.1. The predicted molar refractivity (Wildman–Crippen MR) is 49.9 cm³/mol. The normalized spacial score (nSPS) is 8.33. The lowest BCUT2D eigenvalue weighted by Crippen LogP contribution is -2.54. The lowest BCUT2D eigenvalue weighted by molar-refractivity contribution is -0.359. The van der Waals surface area contributed by atoms with Gasteiger partial charge in [-0.2, -0.15) is 0 Å². The van der Waals surface area contributed by atoms with Crippen molar-refractivity contribution in [2.45, 2.75) is 0 Å². The first-order chi connectivity index (χ1) is 8.17. The minimum absolute atomic E-state index is 0.0278. The first-order valence-electron chi connectivity index (χ1n) is 4.29. The number of rotatable bonds is 4. The highest BCUT2D eigenvalue weighted by molar-refractivity contribution is 5.87. The van der Waals surface area contributed by atoms with Crippen LogP contribution in [0.25, 0.3) is 0 Å². The number of aliphatic carboxylic acids is 4. The molecular formula is C8H14N2O8. The summed E-state index contributed by atoms with van der Waals surface area (Å²) in [6.07, 6.45) is 0.769. The smallest absolute Gasteiger partial charge is 0.359 e. The third kappa shape index (κ3) is 49.8. The van der Waals surface area contributed by atoms with E-state index in [-0.39, 0.29) is 13.1 Å². The minimum atomic E-state index is -1.55. The molecule has 0 saturated heterocycles. The molecule has 0 aliphatic rings. The van der Waals surface area contributed by atoms with Crippen molar-refractivity contribution in [2.75, 3.05) is 13.1 Å². The third-order valence-corrected chi connectivity index (χ3v) is 0.783. The van der Waals surface area contributed by atoms with E-state index in [9.17, 15) is 29.4 Å². The highest BCUT2D eigenvalue weighted by Gasteiger charge is 1.85. The molecule has 0 radical (unpaired) electrons. The molecule has 8 N–H and O–H groups in total. The maximum atomic E-state index is 9.41. The van der Waals surface area contributed by atoms with Crippen LogP contribution in [0, 0.1) is 0 Å². The molecule has 0 amide bonds. The van der Waals surface area contributed by atoms with Crippen LogP contribution < -0.4 is 21.7 Å². The Morgan fingerprint density at radius 2 is 1.00 bits per heavy atom. The van der Waals surface area contributed by atoms with Crippen molar-refractivity contribution in [2.24, 2.45) is 0 Å². The molecule has 0 heterocycles. The van der Waals surface area contributed by atoms with Gasteiger partial charge in [-0.15, -0.1) is 0 Å². The van der Waals surface area contributed by atoms with E-state index in [1.54, 1.807) is 0 Å². The van der Waals surface area contributed by atoms with Crippen LogP contribution in [0.4, 0.5) is 0 Å². The molecule has 0 bridgehead atoms. The monoisotopic (exact) mass is 266 g/mol. The van der Waals surface area contributed by atoms with Gasteiger partial charge in [0.15, 0.2) is 13.1 Å². The first kappa shape index (κ1) is 20.9. The van der Waals surface area contributed by atoms with E-state index >= 15 is 0 Å². The molecule has 0 spiro atoms. The molecule has 0 aromatic rings. The van der Waals surface area contributed by atoms with Gasteiger partial charge in [0.05, 0.1) is 11.9 Å².